The topological polar surface area (TPSA) is 113 Å². The van der Waals surface area contributed by atoms with Gasteiger partial charge in [0.15, 0.2) is 5.13 Å². The smallest absolute Gasteiger partial charge is 0.236 e. The van der Waals surface area contributed by atoms with E-state index in [0.29, 0.717) is 33.2 Å². The van der Waals surface area contributed by atoms with Gasteiger partial charge in [-0.1, -0.05) is 23.9 Å². The second-order valence-corrected chi connectivity index (χ2v) is 8.33. The zero-order valence-electron chi connectivity index (χ0n) is 17.0. The van der Waals surface area contributed by atoms with Gasteiger partial charge in [0.1, 0.15) is 29.3 Å². The Bertz CT molecular complexity index is 1150. The zero-order chi connectivity index (χ0) is 22.4. The van der Waals surface area contributed by atoms with Gasteiger partial charge in [0.25, 0.3) is 0 Å². The van der Waals surface area contributed by atoms with Crippen LogP contribution in [0, 0.1) is 17.9 Å². The highest BCUT2D eigenvalue weighted by Gasteiger charge is 2.21. The molecule has 0 amide bonds. The number of nitriles is 1. The van der Waals surface area contributed by atoms with Gasteiger partial charge in [-0.25, -0.2) is 14.8 Å². The molecule has 0 unspecified atom stereocenters. The van der Waals surface area contributed by atoms with Crippen LogP contribution in [0.2, 0.25) is 0 Å². The summed E-state index contributed by atoms with van der Waals surface area (Å²) in [5.41, 5.74) is 8.53. The van der Waals surface area contributed by atoms with Crippen molar-refractivity contribution in [2.45, 2.75) is 10.8 Å². The average molecular weight is 453 g/mol. The molecule has 0 bridgehead atoms. The minimum atomic E-state index is -0.0846. The number of anilines is 2. The molecular formula is C21H20N6O2S2. The summed E-state index contributed by atoms with van der Waals surface area (Å²) in [4.78, 5) is 14.4. The lowest BCUT2D eigenvalue weighted by molar-refractivity contribution is 0.201. The monoisotopic (exact) mass is 452 g/mol. The van der Waals surface area contributed by atoms with Gasteiger partial charge in [-0.2, -0.15) is 5.26 Å². The van der Waals surface area contributed by atoms with Gasteiger partial charge < -0.3 is 20.5 Å². The molecule has 0 atom stereocenters. The average Bonchev–Trinajstić information content (AvgIpc) is 3.25. The number of thioether (sulfide) groups is 1. The quantitative estimate of drug-likeness (QED) is 0.390. The Kier molecular flexibility index (Phi) is 7.32. The normalized spacial score (nSPS) is 10.4. The van der Waals surface area contributed by atoms with Crippen LogP contribution in [0.25, 0.3) is 16.0 Å². The molecule has 3 rings (SSSR count). The maximum absolute atomic E-state index is 9.90. The number of hydrogen-bond acceptors (Lipinski definition) is 9. The summed E-state index contributed by atoms with van der Waals surface area (Å²) in [6.45, 7) is 7.65. The molecule has 10 heteroatoms. The largest absolute Gasteiger partial charge is 0.491 e. The van der Waals surface area contributed by atoms with Crippen LogP contribution in [0.5, 0.6) is 5.75 Å². The Morgan fingerprint density at radius 3 is 2.65 bits per heavy atom. The third kappa shape index (κ3) is 5.06. The van der Waals surface area contributed by atoms with Crippen molar-refractivity contribution in [1.29, 1.82) is 5.26 Å². The van der Waals surface area contributed by atoms with Gasteiger partial charge >= 0.3 is 0 Å². The number of nitrogens with two attached hydrogens (primary N) is 1. The van der Waals surface area contributed by atoms with Crippen molar-refractivity contribution in [2.24, 2.45) is 0 Å². The molecule has 3 N–H and O–H groups in total. The van der Waals surface area contributed by atoms with E-state index in [4.69, 9.17) is 22.1 Å². The van der Waals surface area contributed by atoms with E-state index >= 15 is 0 Å². The van der Waals surface area contributed by atoms with Crippen LogP contribution in [0.15, 0.2) is 34.7 Å². The van der Waals surface area contributed by atoms with Crippen molar-refractivity contribution < 1.29 is 9.84 Å². The number of hydrogen-bond donors (Lipinski definition) is 2. The Morgan fingerprint density at radius 2 is 2.06 bits per heavy atom. The molecule has 0 spiro atoms. The predicted octanol–water partition coefficient (Wildman–Crippen LogP) is 3.94. The van der Waals surface area contributed by atoms with Gasteiger partial charge in [0.2, 0.25) is 5.69 Å². The first kappa shape index (κ1) is 22.4. The van der Waals surface area contributed by atoms with E-state index in [0.717, 1.165) is 10.8 Å². The highest BCUT2D eigenvalue weighted by Crippen LogP contribution is 2.42. The zero-order valence-corrected chi connectivity index (χ0v) is 18.6. The van der Waals surface area contributed by atoms with Crippen molar-refractivity contribution >= 4 is 39.7 Å². The number of rotatable bonds is 8. The molecule has 0 fully saturated rings. The summed E-state index contributed by atoms with van der Waals surface area (Å²) in [5.74, 6) is 1.19. The van der Waals surface area contributed by atoms with Crippen molar-refractivity contribution in [3.63, 3.8) is 0 Å². The second-order valence-electron chi connectivity index (χ2n) is 6.53. The Labute approximate surface area is 188 Å². The second kappa shape index (κ2) is 10.1. The van der Waals surface area contributed by atoms with Crippen LogP contribution in [0.3, 0.4) is 0 Å². The van der Waals surface area contributed by atoms with Crippen molar-refractivity contribution in [1.82, 2.24) is 9.97 Å². The number of thiazole rings is 1. The first-order valence-electron chi connectivity index (χ1n) is 9.18. The molecule has 158 valence electrons. The van der Waals surface area contributed by atoms with E-state index < -0.39 is 0 Å². The molecule has 0 aliphatic heterocycles. The van der Waals surface area contributed by atoms with Crippen molar-refractivity contribution in [3.8, 4) is 22.9 Å². The molecule has 3 aromatic rings. The number of benzene rings is 1. The van der Waals surface area contributed by atoms with E-state index in [1.165, 1.54) is 11.8 Å². The summed E-state index contributed by atoms with van der Waals surface area (Å²) in [7, 11) is 3.86. The van der Waals surface area contributed by atoms with Crippen LogP contribution in [0.4, 0.5) is 16.6 Å². The molecule has 2 aromatic heterocycles. The van der Waals surface area contributed by atoms with Crippen LogP contribution in [0.1, 0.15) is 11.3 Å². The van der Waals surface area contributed by atoms with Crippen LogP contribution in [-0.2, 0) is 5.75 Å². The summed E-state index contributed by atoms with van der Waals surface area (Å²) in [6.07, 6.45) is 0. The molecule has 2 heterocycles. The Morgan fingerprint density at radius 1 is 1.32 bits per heavy atom. The molecule has 0 aliphatic rings. The molecule has 0 saturated heterocycles. The first-order valence-corrected chi connectivity index (χ1v) is 11.0. The predicted molar refractivity (Wildman–Crippen MR) is 124 cm³/mol. The van der Waals surface area contributed by atoms with Gasteiger partial charge in [0.05, 0.1) is 24.4 Å². The molecule has 1 aromatic carbocycles. The Balaban J connectivity index is 1.97. The standard InChI is InChI=1S/C21H20N6O2S2/c1-24-18-17(13-4-6-15(7-5-13)29-9-8-28)16(10-22)20(26-19(18)23)30-11-14-12-31-21(25-14)27(2)3/h4-7,12,28H,8-9,11H2,2-3H3,(H2,23,26). The van der Waals surface area contributed by atoms with Gasteiger partial charge in [0, 0.05) is 30.8 Å². The minimum Gasteiger partial charge on any atom is -0.491 e. The molecule has 31 heavy (non-hydrogen) atoms. The SMILES string of the molecule is [C-]#[N+]c1c(N)nc(SCc2csc(N(C)C)n2)c(C#N)c1-c1ccc(OCCO)cc1. The molecule has 0 saturated carbocycles. The van der Waals surface area contributed by atoms with Gasteiger partial charge in [-0.3, -0.25) is 0 Å². The lowest BCUT2D eigenvalue weighted by Gasteiger charge is -2.13. The number of aromatic nitrogens is 2. The maximum Gasteiger partial charge on any atom is 0.236 e. The fourth-order valence-electron chi connectivity index (χ4n) is 2.77. The lowest BCUT2D eigenvalue weighted by atomic mass is 10.00. The fraction of sp³-hybridized carbons (Fsp3) is 0.238. The van der Waals surface area contributed by atoms with Crippen LogP contribution in [-0.4, -0.2) is 42.4 Å². The number of aliphatic hydroxyl groups is 1. The third-order valence-electron chi connectivity index (χ3n) is 4.17. The fourth-order valence-corrected chi connectivity index (χ4v) is 4.52. The van der Waals surface area contributed by atoms with E-state index in [1.807, 2.05) is 24.4 Å². The highest BCUT2D eigenvalue weighted by molar-refractivity contribution is 7.98. The number of nitrogen functional groups attached to an aromatic ring is 1. The third-order valence-corrected chi connectivity index (χ3v) is 6.24. The van der Waals surface area contributed by atoms with Crippen molar-refractivity contribution in [2.75, 3.05) is 37.9 Å². The molecule has 0 aliphatic carbocycles. The Hall–Kier alpha value is -3.31. The van der Waals surface area contributed by atoms with Gasteiger partial charge in [-0.15, -0.1) is 11.3 Å². The van der Waals surface area contributed by atoms with Gasteiger partial charge in [-0.05, 0) is 17.7 Å². The summed E-state index contributed by atoms with van der Waals surface area (Å²) in [6, 6.07) is 9.17. The number of pyridine rings is 1. The number of ether oxygens (including phenoxy) is 1. The number of aliphatic hydroxyl groups excluding tert-OH is 1. The lowest BCUT2D eigenvalue weighted by Crippen LogP contribution is -2.07. The first-order chi connectivity index (χ1) is 15.0. The minimum absolute atomic E-state index is 0.0827. The van der Waals surface area contributed by atoms with E-state index in [9.17, 15) is 5.26 Å². The van der Waals surface area contributed by atoms with Crippen molar-refractivity contribution in [3.05, 3.63) is 52.3 Å². The van der Waals surface area contributed by atoms with E-state index in [-0.39, 0.29) is 24.7 Å². The highest BCUT2D eigenvalue weighted by atomic mass is 32.2. The molecule has 0 radical (unpaired) electrons. The van der Waals surface area contributed by atoms with E-state index in [1.54, 1.807) is 35.6 Å². The maximum atomic E-state index is 9.90. The van der Waals surface area contributed by atoms with Crippen LogP contribution >= 0.6 is 23.1 Å². The van der Waals surface area contributed by atoms with E-state index in [2.05, 4.69) is 20.9 Å². The number of nitrogens with zero attached hydrogens (tertiary/aromatic N) is 5. The van der Waals surface area contributed by atoms with Crippen LogP contribution < -0.4 is 15.4 Å². The summed E-state index contributed by atoms with van der Waals surface area (Å²) < 4.78 is 5.39. The molecule has 8 nitrogen and oxygen atoms in total. The molecular weight excluding hydrogens is 432 g/mol. The summed E-state index contributed by atoms with van der Waals surface area (Å²) >= 11 is 2.91. The summed E-state index contributed by atoms with van der Waals surface area (Å²) in [5, 5.41) is 22.1.